The van der Waals surface area contributed by atoms with Gasteiger partial charge in [0.2, 0.25) is 11.9 Å². The standard InChI is InChI=1S/C20H26F3N3O2/c1-7-12(2)26-15-10-13(19(5,6)28)8-9-14(15)24-17(26)25-16(27)11-18(3,4)20(21,22)23/h8-10,28H,2,7,11H2,1,3-6H3,(H,24,25,27). The Labute approximate surface area is 162 Å². The summed E-state index contributed by atoms with van der Waals surface area (Å²) in [6.45, 7) is 11.1. The maximum atomic E-state index is 13.1. The summed E-state index contributed by atoms with van der Waals surface area (Å²) in [6, 6.07) is 5.14. The smallest absolute Gasteiger partial charge is 0.386 e. The number of aromatic nitrogens is 2. The average Bonchev–Trinajstić information content (AvgIpc) is 2.88. The van der Waals surface area contributed by atoms with Gasteiger partial charge in [0, 0.05) is 12.1 Å². The Morgan fingerprint density at radius 1 is 1.25 bits per heavy atom. The summed E-state index contributed by atoms with van der Waals surface area (Å²) in [5.41, 5.74) is -0.854. The summed E-state index contributed by atoms with van der Waals surface area (Å²) < 4.78 is 40.8. The zero-order valence-corrected chi connectivity index (χ0v) is 16.7. The molecule has 0 radical (unpaired) electrons. The van der Waals surface area contributed by atoms with Crippen LogP contribution in [0.15, 0.2) is 24.8 Å². The number of benzene rings is 1. The third kappa shape index (κ3) is 4.38. The van der Waals surface area contributed by atoms with Gasteiger partial charge in [0.1, 0.15) is 0 Å². The summed E-state index contributed by atoms with van der Waals surface area (Å²) in [6.07, 6.45) is -4.69. The normalized spacial score (nSPS) is 13.0. The second-order valence-corrected chi connectivity index (χ2v) is 8.06. The second kappa shape index (κ2) is 7.24. The van der Waals surface area contributed by atoms with Crippen LogP contribution in [0.4, 0.5) is 19.1 Å². The molecule has 0 saturated heterocycles. The molecule has 1 amide bonds. The molecule has 8 heteroatoms. The Bertz CT molecular complexity index is 906. The van der Waals surface area contributed by atoms with Crippen molar-refractivity contribution in [1.82, 2.24) is 9.55 Å². The first-order valence-corrected chi connectivity index (χ1v) is 8.97. The van der Waals surface area contributed by atoms with Crippen LogP contribution in [-0.4, -0.2) is 26.7 Å². The van der Waals surface area contributed by atoms with Gasteiger partial charge in [-0.2, -0.15) is 13.2 Å². The van der Waals surface area contributed by atoms with E-state index >= 15 is 0 Å². The van der Waals surface area contributed by atoms with Crippen molar-refractivity contribution >= 4 is 28.6 Å². The van der Waals surface area contributed by atoms with E-state index in [1.54, 1.807) is 36.6 Å². The number of alkyl halides is 3. The topological polar surface area (TPSA) is 67.2 Å². The van der Waals surface area contributed by atoms with Crippen LogP contribution in [-0.2, 0) is 10.4 Å². The van der Waals surface area contributed by atoms with Gasteiger partial charge in [0.05, 0.1) is 22.0 Å². The first-order valence-electron chi connectivity index (χ1n) is 8.97. The number of allylic oxidation sites excluding steroid dienone is 1. The Morgan fingerprint density at radius 2 is 1.86 bits per heavy atom. The van der Waals surface area contributed by atoms with Crippen LogP contribution < -0.4 is 5.32 Å². The Kier molecular flexibility index (Phi) is 5.67. The third-order valence-corrected chi connectivity index (χ3v) is 4.71. The maximum absolute atomic E-state index is 13.1. The molecule has 1 heterocycles. The third-order valence-electron chi connectivity index (χ3n) is 4.71. The Hall–Kier alpha value is -2.35. The molecule has 0 fully saturated rings. The van der Waals surface area contributed by atoms with Gasteiger partial charge in [-0.1, -0.05) is 33.4 Å². The predicted octanol–water partition coefficient (Wildman–Crippen LogP) is 5.06. The fourth-order valence-electron chi connectivity index (χ4n) is 2.69. The van der Waals surface area contributed by atoms with Gasteiger partial charge >= 0.3 is 6.18 Å². The van der Waals surface area contributed by atoms with Gasteiger partial charge in [-0.25, -0.2) is 4.98 Å². The molecular weight excluding hydrogens is 371 g/mol. The maximum Gasteiger partial charge on any atom is 0.394 e. The molecule has 2 aromatic rings. The van der Waals surface area contributed by atoms with Crippen molar-refractivity contribution in [2.24, 2.45) is 5.41 Å². The van der Waals surface area contributed by atoms with Crippen molar-refractivity contribution in [1.29, 1.82) is 0 Å². The summed E-state index contributed by atoms with van der Waals surface area (Å²) in [7, 11) is 0. The SMILES string of the molecule is C=C(CC)n1c(NC(=O)CC(C)(C)C(F)(F)F)nc2ccc(C(C)(C)O)cc21. The van der Waals surface area contributed by atoms with Crippen LogP contribution in [0.3, 0.4) is 0 Å². The number of fused-ring (bicyclic) bond motifs is 1. The minimum atomic E-state index is -4.50. The number of carbonyl (C=O) groups is 1. The molecule has 0 atom stereocenters. The molecule has 0 unspecified atom stereocenters. The summed E-state index contributed by atoms with van der Waals surface area (Å²) in [5, 5.41) is 12.8. The number of nitrogens with one attached hydrogen (secondary N) is 1. The molecule has 0 aliphatic heterocycles. The first kappa shape index (κ1) is 21.9. The highest BCUT2D eigenvalue weighted by Gasteiger charge is 2.48. The van der Waals surface area contributed by atoms with E-state index in [9.17, 15) is 23.1 Å². The van der Waals surface area contributed by atoms with E-state index in [0.29, 0.717) is 28.7 Å². The molecule has 0 saturated carbocycles. The van der Waals surface area contributed by atoms with Crippen LogP contribution >= 0.6 is 0 Å². The second-order valence-electron chi connectivity index (χ2n) is 8.06. The number of aliphatic hydroxyl groups is 1. The molecule has 28 heavy (non-hydrogen) atoms. The molecule has 0 aliphatic carbocycles. The van der Waals surface area contributed by atoms with Crippen molar-refractivity contribution < 1.29 is 23.1 Å². The quantitative estimate of drug-likeness (QED) is 0.716. The lowest BCUT2D eigenvalue weighted by Gasteiger charge is -2.26. The van der Waals surface area contributed by atoms with Crippen LogP contribution in [0.25, 0.3) is 16.7 Å². The average molecular weight is 397 g/mol. The minimum absolute atomic E-state index is 0.109. The van der Waals surface area contributed by atoms with E-state index in [-0.39, 0.29) is 5.95 Å². The van der Waals surface area contributed by atoms with Gasteiger partial charge < -0.3 is 5.11 Å². The number of rotatable bonds is 6. The highest BCUT2D eigenvalue weighted by Crippen LogP contribution is 2.40. The molecule has 5 nitrogen and oxygen atoms in total. The number of amides is 1. The van der Waals surface area contributed by atoms with E-state index in [0.717, 1.165) is 13.8 Å². The van der Waals surface area contributed by atoms with Crippen LogP contribution in [0.1, 0.15) is 53.0 Å². The van der Waals surface area contributed by atoms with Crippen LogP contribution in [0, 0.1) is 5.41 Å². The Balaban J connectivity index is 2.47. The fraction of sp³-hybridized carbons (Fsp3) is 0.500. The molecule has 1 aromatic heterocycles. The number of carbonyl (C=O) groups excluding carboxylic acids is 1. The summed E-state index contributed by atoms with van der Waals surface area (Å²) in [4.78, 5) is 16.7. The lowest BCUT2D eigenvalue weighted by atomic mass is 9.88. The van der Waals surface area contributed by atoms with E-state index in [4.69, 9.17) is 0 Å². The fourth-order valence-corrected chi connectivity index (χ4v) is 2.69. The molecule has 0 aliphatic rings. The number of hydrogen-bond donors (Lipinski definition) is 2. The predicted molar refractivity (Wildman–Crippen MR) is 104 cm³/mol. The molecule has 2 N–H and O–H groups in total. The van der Waals surface area contributed by atoms with Gasteiger partial charge in [-0.05, 0) is 38.0 Å². The van der Waals surface area contributed by atoms with Crippen LogP contribution in [0.2, 0.25) is 0 Å². The zero-order valence-electron chi connectivity index (χ0n) is 16.7. The van der Waals surface area contributed by atoms with Crippen molar-refractivity contribution in [3.05, 3.63) is 30.3 Å². The molecule has 0 bridgehead atoms. The highest BCUT2D eigenvalue weighted by atomic mass is 19.4. The monoisotopic (exact) mass is 397 g/mol. The van der Waals surface area contributed by atoms with Gasteiger partial charge in [0.15, 0.2) is 0 Å². The summed E-state index contributed by atoms with van der Waals surface area (Å²) in [5.74, 6) is -0.678. The number of nitrogens with zero attached hydrogens (tertiary/aromatic N) is 2. The Morgan fingerprint density at radius 3 is 2.36 bits per heavy atom. The zero-order chi connectivity index (χ0) is 21.5. The number of imidazole rings is 1. The van der Waals surface area contributed by atoms with E-state index in [1.807, 2.05) is 6.92 Å². The summed E-state index contributed by atoms with van der Waals surface area (Å²) >= 11 is 0. The molecular formula is C20H26F3N3O2. The van der Waals surface area contributed by atoms with Crippen molar-refractivity contribution in [2.75, 3.05) is 5.32 Å². The highest BCUT2D eigenvalue weighted by molar-refractivity contribution is 5.93. The molecule has 2 rings (SSSR count). The number of hydrogen-bond acceptors (Lipinski definition) is 3. The van der Waals surface area contributed by atoms with E-state index < -0.39 is 29.5 Å². The minimum Gasteiger partial charge on any atom is -0.386 e. The largest absolute Gasteiger partial charge is 0.394 e. The van der Waals surface area contributed by atoms with Crippen LogP contribution in [0.5, 0.6) is 0 Å². The van der Waals surface area contributed by atoms with E-state index in [1.165, 1.54) is 0 Å². The van der Waals surface area contributed by atoms with Crippen molar-refractivity contribution in [2.45, 2.75) is 59.2 Å². The van der Waals surface area contributed by atoms with Crippen molar-refractivity contribution in [3.8, 4) is 0 Å². The molecule has 0 spiro atoms. The van der Waals surface area contributed by atoms with Crippen molar-refractivity contribution in [3.63, 3.8) is 0 Å². The van der Waals surface area contributed by atoms with E-state index in [2.05, 4.69) is 16.9 Å². The van der Waals surface area contributed by atoms with Gasteiger partial charge in [0.25, 0.3) is 0 Å². The molecule has 154 valence electrons. The number of anilines is 1. The molecule has 1 aromatic carbocycles. The lowest BCUT2D eigenvalue weighted by molar-refractivity contribution is -0.213. The van der Waals surface area contributed by atoms with Gasteiger partial charge in [-0.15, -0.1) is 0 Å². The lowest BCUT2D eigenvalue weighted by Crippen LogP contribution is -2.36. The first-order chi connectivity index (χ1) is 12.7. The number of halogens is 3. The van der Waals surface area contributed by atoms with Gasteiger partial charge in [-0.3, -0.25) is 14.7 Å².